The zero-order valence-electron chi connectivity index (χ0n) is 11.5. The molecule has 0 radical (unpaired) electrons. The van der Waals surface area contributed by atoms with Crippen molar-refractivity contribution in [2.75, 3.05) is 46.2 Å². The summed E-state index contributed by atoms with van der Waals surface area (Å²) < 4.78 is 0. The smallest absolute Gasteiger partial charge is 0.191 e. The van der Waals surface area contributed by atoms with Gasteiger partial charge < -0.3 is 15.5 Å². The molecule has 0 spiro atoms. The van der Waals surface area contributed by atoms with Crippen molar-refractivity contribution in [1.82, 2.24) is 15.5 Å². The maximum atomic E-state index is 4.24. The monoisotopic (exact) mass is 258 g/mol. The predicted molar refractivity (Wildman–Crippen MR) is 77.9 cm³/mol. The van der Waals surface area contributed by atoms with Crippen LogP contribution in [0.2, 0.25) is 0 Å². The van der Waals surface area contributed by atoms with E-state index in [2.05, 4.69) is 40.9 Å². The van der Waals surface area contributed by atoms with Crippen LogP contribution in [0.5, 0.6) is 0 Å². The lowest BCUT2D eigenvalue weighted by atomic mass is 10.1. The number of hydrogen-bond acceptors (Lipinski definition) is 3. The van der Waals surface area contributed by atoms with Gasteiger partial charge >= 0.3 is 0 Å². The lowest BCUT2D eigenvalue weighted by Crippen LogP contribution is -2.46. The summed E-state index contributed by atoms with van der Waals surface area (Å²) in [6, 6.07) is 0.633. The third-order valence-corrected chi connectivity index (χ3v) is 3.74. The van der Waals surface area contributed by atoms with Crippen LogP contribution < -0.4 is 10.6 Å². The Kier molecular flexibility index (Phi) is 6.73. The molecule has 1 unspecified atom stereocenters. The van der Waals surface area contributed by atoms with Crippen LogP contribution in [0.3, 0.4) is 0 Å². The number of guanidine groups is 1. The first kappa shape index (κ1) is 14.6. The van der Waals surface area contributed by atoms with E-state index >= 15 is 0 Å². The van der Waals surface area contributed by atoms with E-state index in [0.29, 0.717) is 6.04 Å². The summed E-state index contributed by atoms with van der Waals surface area (Å²) in [7, 11) is 6.15. The number of rotatable bonds is 7. The van der Waals surface area contributed by atoms with Crippen molar-refractivity contribution in [1.29, 1.82) is 0 Å². The van der Waals surface area contributed by atoms with Crippen molar-refractivity contribution in [3.63, 3.8) is 0 Å². The van der Waals surface area contributed by atoms with Crippen molar-refractivity contribution in [2.24, 2.45) is 10.9 Å². The second-order valence-corrected chi connectivity index (χ2v) is 5.73. The van der Waals surface area contributed by atoms with E-state index < -0.39 is 0 Å². The van der Waals surface area contributed by atoms with Gasteiger partial charge in [0.2, 0.25) is 0 Å². The molecule has 0 aliphatic heterocycles. The molecule has 0 aromatic rings. The third kappa shape index (κ3) is 5.64. The molecule has 2 N–H and O–H groups in total. The quantitative estimate of drug-likeness (QED) is 0.404. The van der Waals surface area contributed by atoms with E-state index in [1.807, 2.05) is 18.8 Å². The Morgan fingerprint density at radius 2 is 2.12 bits per heavy atom. The lowest BCUT2D eigenvalue weighted by molar-refractivity contribution is 0.264. The van der Waals surface area contributed by atoms with Crippen LogP contribution in [0.4, 0.5) is 0 Å². The minimum absolute atomic E-state index is 0.633. The fraction of sp³-hybridized carbons (Fsp3) is 0.917. The highest BCUT2D eigenvalue weighted by molar-refractivity contribution is 7.98. The molecule has 1 aliphatic rings. The summed E-state index contributed by atoms with van der Waals surface area (Å²) in [6.45, 7) is 1.95. The summed E-state index contributed by atoms with van der Waals surface area (Å²) in [5.74, 6) is 2.91. The first-order valence-corrected chi connectivity index (χ1v) is 7.68. The minimum Gasteiger partial charge on any atom is -0.356 e. The normalized spacial score (nSPS) is 18.3. The molecular weight excluding hydrogens is 232 g/mol. The summed E-state index contributed by atoms with van der Waals surface area (Å²) in [4.78, 5) is 6.56. The molecule has 1 rings (SSSR count). The van der Waals surface area contributed by atoms with Gasteiger partial charge in [-0.1, -0.05) is 0 Å². The van der Waals surface area contributed by atoms with Crippen LogP contribution in [0.25, 0.3) is 0 Å². The van der Waals surface area contributed by atoms with Gasteiger partial charge in [-0.05, 0) is 39.1 Å². The van der Waals surface area contributed by atoms with Gasteiger partial charge in [-0.15, -0.1) is 0 Å². The van der Waals surface area contributed by atoms with Crippen LogP contribution in [-0.2, 0) is 0 Å². The molecule has 0 bridgehead atoms. The number of nitrogens with zero attached hydrogens (tertiary/aromatic N) is 2. The second kappa shape index (κ2) is 7.82. The fourth-order valence-electron chi connectivity index (χ4n) is 1.95. The molecule has 0 aromatic carbocycles. The van der Waals surface area contributed by atoms with Crippen molar-refractivity contribution >= 4 is 17.7 Å². The highest BCUT2D eigenvalue weighted by Crippen LogP contribution is 2.34. The molecule has 0 saturated heterocycles. The molecule has 100 valence electrons. The van der Waals surface area contributed by atoms with E-state index in [0.717, 1.165) is 30.7 Å². The van der Waals surface area contributed by atoms with E-state index in [9.17, 15) is 0 Å². The number of thioether (sulfide) groups is 1. The van der Waals surface area contributed by atoms with E-state index in [-0.39, 0.29) is 0 Å². The number of hydrogen-bond donors (Lipinski definition) is 2. The predicted octanol–water partition coefficient (Wildman–Crippen LogP) is 0.855. The van der Waals surface area contributed by atoms with Crippen molar-refractivity contribution in [2.45, 2.75) is 18.9 Å². The molecule has 1 saturated carbocycles. The first-order valence-electron chi connectivity index (χ1n) is 6.29. The van der Waals surface area contributed by atoms with Crippen molar-refractivity contribution in [3.8, 4) is 0 Å². The van der Waals surface area contributed by atoms with E-state index in [4.69, 9.17) is 0 Å². The summed E-state index contributed by atoms with van der Waals surface area (Å²) >= 11 is 1.84. The molecule has 1 fully saturated rings. The van der Waals surface area contributed by atoms with Crippen molar-refractivity contribution < 1.29 is 0 Å². The van der Waals surface area contributed by atoms with Gasteiger partial charge in [-0.2, -0.15) is 11.8 Å². The highest BCUT2D eigenvalue weighted by Gasteiger charge is 2.32. The minimum atomic E-state index is 0.633. The zero-order valence-corrected chi connectivity index (χ0v) is 12.3. The van der Waals surface area contributed by atoms with Gasteiger partial charge in [-0.3, -0.25) is 4.99 Å². The third-order valence-electron chi connectivity index (χ3n) is 3.13. The Balaban J connectivity index is 2.25. The van der Waals surface area contributed by atoms with Gasteiger partial charge in [0.25, 0.3) is 0 Å². The SMILES string of the molecule is CN=C(NCCSC)NCC(C1CC1)N(C)C. The Morgan fingerprint density at radius 1 is 1.41 bits per heavy atom. The topological polar surface area (TPSA) is 39.7 Å². The second-order valence-electron chi connectivity index (χ2n) is 4.74. The van der Waals surface area contributed by atoms with E-state index in [1.54, 1.807) is 0 Å². The fourth-order valence-corrected chi connectivity index (χ4v) is 2.25. The van der Waals surface area contributed by atoms with E-state index in [1.165, 1.54) is 12.8 Å². The first-order chi connectivity index (χ1) is 8.19. The molecule has 0 heterocycles. The Bertz CT molecular complexity index is 237. The molecule has 17 heavy (non-hydrogen) atoms. The standard InChI is InChI=1S/C12H26N4S/c1-13-12(14-7-8-17-4)15-9-11(16(2)3)10-5-6-10/h10-11H,5-9H2,1-4H3,(H2,13,14,15). The van der Waals surface area contributed by atoms with Crippen molar-refractivity contribution in [3.05, 3.63) is 0 Å². The van der Waals surface area contributed by atoms with Crippen LogP contribution in [0.15, 0.2) is 4.99 Å². The largest absolute Gasteiger partial charge is 0.356 e. The summed E-state index contributed by atoms with van der Waals surface area (Å²) in [6.07, 6.45) is 4.87. The number of aliphatic imine (C=N–C) groups is 1. The summed E-state index contributed by atoms with van der Waals surface area (Å²) in [5, 5.41) is 6.74. The molecule has 0 aromatic heterocycles. The average molecular weight is 258 g/mol. The van der Waals surface area contributed by atoms with Gasteiger partial charge in [-0.25, -0.2) is 0 Å². The van der Waals surface area contributed by atoms with Crippen LogP contribution >= 0.6 is 11.8 Å². The maximum Gasteiger partial charge on any atom is 0.191 e. The molecule has 4 nitrogen and oxygen atoms in total. The Labute approximate surface area is 110 Å². The highest BCUT2D eigenvalue weighted by atomic mass is 32.2. The molecule has 5 heteroatoms. The maximum absolute atomic E-state index is 4.24. The van der Waals surface area contributed by atoms with Gasteiger partial charge in [0.1, 0.15) is 0 Å². The van der Waals surface area contributed by atoms with Crippen LogP contribution in [0.1, 0.15) is 12.8 Å². The van der Waals surface area contributed by atoms with Crippen LogP contribution in [-0.4, -0.2) is 63.1 Å². The number of likely N-dealkylation sites (N-methyl/N-ethyl adjacent to an activating group) is 1. The lowest BCUT2D eigenvalue weighted by Gasteiger charge is -2.25. The average Bonchev–Trinajstić information content (AvgIpc) is 3.11. The molecule has 0 amide bonds. The molecule has 1 aliphatic carbocycles. The Hall–Kier alpha value is -0.420. The zero-order chi connectivity index (χ0) is 12.7. The van der Waals surface area contributed by atoms with Gasteiger partial charge in [0.05, 0.1) is 0 Å². The molecular formula is C12H26N4S. The molecule has 1 atom stereocenters. The number of nitrogens with one attached hydrogen (secondary N) is 2. The summed E-state index contributed by atoms with van der Waals surface area (Å²) in [5.41, 5.74) is 0. The van der Waals surface area contributed by atoms with Gasteiger partial charge in [0, 0.05) is 31.9 Å². The van der Waals surface area contributed by atoms with Gasteiger partial charge in [0.15, 0.2) is 5.96 Å². The van der Waals surface area contributed by atoms with Crippen LogP contribution in [0, 0.1) is 5.92 Å². The Morgan fingerprint density at radius 3 is 2.59 bits per heavy atom.